The molecule has 0 bridgehead atoms. The maximum atomic E-state index is 2.51. The van der Waals surface area contributed by atoms with Crippen LogP contribution in [0.5, 0.6) is 0 Å². The molecule has 10 aromatic rings. The lowest BCUT2D eigenvalue weighted by Crippen LogP contribution is -2.28. The lowest BCUT2D eigenvalue weighted by molar-refractivity contribution is 0.768. The lowest BCUT2D eigenvalue weighted by Gasteiger charge is -2.35. The first-order valence-corrected chi connectivity index (χ1v) is 19.7. The van der Waals surface area contributed by atoms with Gasteiger partial charge in [-0.05, 0) is 81.4 Å². The molecular formula is C55H38N2. The molecule has 11 rings (SSSR count). The van der Waals surface area contributed by atoms with Gasteiger partial charge < -0.3 is 9.47 Å². The van der Waals surface area contributed by atoms with Gasteiger partial charge in [-0.25, -0.2) is 0 Å². The van der Waals surface area contributed by atoms with E-state index >= 15 is 0 Å². The maximum Gasteiger partial charge on any atom is 0.0782 e. The fourth-order valence-corrected chi connectivity index (χ4v) is 9.54. The number of hydrogen-bond donors (Lipinski definition) is 0. The molecule has 1 aliphatic carbocycles. The van der Waals surface area contributed by atoms with E-state index in [-0.39, 0.29) is 0 Å². The first kappa shape index (κ1) is 33.0. The summed E-state index contributed by atoms with van der Waals surface area (Å²) in [5, 5.41) is 2.44. The summed E-state index contributed by atoms with van der Waals surface area (Å²) in [4.78, 5) is 2.51. The quantitative estimate of drug-likeness (QED) is 0.159. The van der Waals surface area contributed by atoms with Crippen molar-refractivity contribution in [3.05, 3.63) is 253 Å². The molecule has 0 atom stereocenters. The van der Waals surface area contributed by atoms with Crippen molar-refractivity contribution in [1.82, 2.24) is 4.57 Å². The third-order valence-electron chi connectivity index (χ3n) is 11.9. The van der Waals surface area contributed by atoms with Crippen LogP contribution in [0, 0.1) is 0 Å². The average molecular weight is 727 g/mol. The van der Waals surface area contributed by atoms with Crippen LogP contribution in [-0.2, 0) is 5.41 Å². The smallest absolute Gasteiger partial charge is 0.0782 e. The van der Waals surface area contributed by atoms with E-state index in [1.54, 1.807) is 0 Å². The molecule has 0 unspecified atom stereocenters. The van der Waals surface area contributed by atoms with Crippen LogP contribution in [0.1, 0.15) is 22.3 Å². The standard InChI is InChI=1S/C55H38N2/c1-5-20-39(21-6-1)44-28-14-17-33-51(44)56(53-35-19-31-48-47-30-15-18-34-52(47)57(54(48)53)42-26-11-4-12-27-42)43-36-37-46-45-29-13-16-32-49(45)55(50(46)38-43,40-22-7-2-8-23-40)41-24-9-3-10-25-41/h1-38H. The van der Waals surface area contributed by atoms with E-state index < -0.39 is 5.41 Å². The number of nitrogens with zero attached hydrogens (tertiary/aromatic N) is 2. The molecule has 1 aromatic heterocycles. The normalized spacial score (nSPS) is 12.7. The van der Waals surface area contributed by atoms with Crippen molar-refractivity contribution in [3.8, 4) is 27.9 Å². The summed E-state index contributed by atoms with van der Waals surface area (Å²) in [5.74, 6) is 0. The molecule has 0 aliphatic heterocycles. The van der Waals surface area contributed by atoms with E-state index in [4.69, 9.17) is 0 Å². The van der Waals surface area contributed by atoms with Crippen molar-refractivity contribution in [1.29, 1.82) is 0 Å². The van der Waals surface area contributed by atoms with Gasteiger partial charge >= 0.3 is 0 Å². The summed E-state index contributed by atoms with van der Waals surface area (Å²) in [5.41, 5.74) is 16.2. The van der Waals surface area contributed by atoms with E-state index in [9.17, 15) is 0 Å². The minimum absolute atomic E-state index is 0.528. The SMILES string of the molecule is c1ccc(-c2ccccc2N(c2ccc3c(c2)C(c2ccccc2)(c2ccccc2)c2ccccc2-3)c2cccc3c4ccccc4n(-c4ccccc4)c23)cc1. The fraction of sp³-hybridized carbons (Fsp3) is 0.0182. The Labute approximate surface area is 333 Å². The largest absolute Gasteiger partial charge is 0.308 e. The number of para-hydroxylation sites is 4. The highest BCUT2D eigenvalue weighted by Gasteiger charge is 2.46. The molecule has 1 aliphatic rings. The number of hydrogen-bond acceptors (Lipinski definition) is 1. The molecule has 268 valence electrons. The van der Waals surface area contributed by atoms with Gasteiger partial charge in [0.2, 0.25) is 0 Å². The molecule has 0 saturated carbocycles. The summed E-state index contributed by atoms with van der Waals surface area (Å²) in [6.45, 7) is 0. The zero-order valence-electron chi connectivity index (χ0n) is 31.3. The minimum atomic E-state index is -0.528. The monoisotopic (exact) mass is 726 g/mol. The molecule has 0 saturated heterocycles. The Hall–Kier alpha value is -7.42. The first-order valence-electron chi connectivity index (χ1n) is 19.7. The van der Waals surface area contributed by atoms with E-state index in [0.29, 0.717) is 0 Å². The van der Waals surface area contributed by atoms with E-state index in [2.05, 4.69) is 240 Å². The molecule has 0 N–H and O–H groups in total. The second-order valence-corrected chi connectivity index (χ2v) is 14.8. The third-order valence-corrected chi connectivity index (χ3v) is 11.9. The van der Waals surface area contributed by atoms with Crippen LogP contribution in [0.15, 0.2) is 231 Å². The summed E-state index contributed by atoms with van der Waals surface area (Å²) in [7, 11) is 0. The Morgan fingerprint density at radius 2 is 0.912 bits per heavy atom. The predicted octanol–water partition coefficient (Wildman–Crippen LogP) is 14.3. The number of benzene rings is 9. The molecule has 0 radical (unpaired) electrons. The van der Waals surface area contributed by atoms with Crippen LogP contribution < -0.4 is 4.90 Å². The van der Waals surface area contributed by atoms with Crippen molar-refractivity contribution in [3.63, 3.8) is 0 Å². The highest BCUT2D eigenvalue weighted by atomic mass is 15.2. The molecule has 0 spiro atoms. The van der Waals surface area contributed by atoms with E-state index in [1.807, 2.05) is 0 Å². The minimum Gasteiger partial charge on any atom is -0.308 e. The summed E-state index contributed by atoms with van der Waals surface area (Å²) < 4.78 is 2.44. The van der Waals surface area contributed by atoms with Gasteiger partial charge in [0.05, 0.1) is 27.8 Å². The van der Waals surface area contributed by atoms with Crippen molar-refractivity contribution >= 4 is 38.9 Å². The highest BCUT2D eigenvalue weighted by molar-refractivity contribution is 6.15. The summed E-state index contributed by atoms with van der Waals surface area (Å²) in [6, 6.07) is 84.3. The molecule has 9 aromatic carbocycles. The van der Waals surface area contributed by atoms with Gasteiger partial charge in [-0.1, -0.05) is 188 Å². The van der Waals surface area contributed by atoms with E-state index in [1.165, 1.54) is 60.8 Å². The van der Waals surface area contributed by atoms with Gasteiger partial charge in [0.15, 0.2) is 0 Å². The molecule has 2 nitrogen and oxygen atoms in total. The first-order chi connectivity index (χ1) is 28.3. The maximum absolute atomic E-state index is 2.51. The van der Waals surface area contributed by atoms with Crippen molar-refractivity contribution in [2.75, 3.05) is 4.90 Å². The van der Waals surface area contributed by atoms with Gasteiger partial charge in [-0.15, -0.1) is 0 Å². The van der Waals surface area contributed by atoms with Gasteiger partial charge in [-0.3, -0.25) is 0 Å². The number of fused-ring (bicyclic) bond motifs is 6. The molecule has 2 heteroatoms. The number of rotatable bonds is 7. The number of aromatic nitrogens is 1. The molecule has 0 fully saturated rings. The Morgan fingerprint density at radius 1 is 0.368 bits per heavy atom. The van der Waals surface area contributed by atoms with Gasteiger partial charge in [-0.2, -0.15) is 0 Å². The second-order valence-electron chi connectivity index (χ2n) is 14.8. The fourth-order valence-electron chi connectivity index (χ4n) is 9.54. The van der Waals surface area contributed by atoms with Crippen LogP contribution in [0.4, 0.5) is 17.1 Å². The zero-order valence-corrected chi connectivity index (χ0v) is 31.3. The van der Waals surface area contributed by atoms with Crippen molar-refractivity contribution in [2.24, 2.45) is 0 Å². The average Bonchev–Trinajstić information content (AvgIpc) is 3.79. The van der Waals surface area contributed by atoms with Gasteiger partial charge in [0.25, 0.3) is 0 Å². The number of anilines is 3. The highest BCUT2D eigenvalue weighted by Crippen LogP contribution is 2.57. The van der Waals surface area contributed by atoms with Crippen LogP contribution in [0.3, 0.4) is 0 Å². The Bertz CT molecular complexity index is 3020. The lowest BCUT2D eigenvalue weighted by atomic mass is 9.67. The van der Waals surface area contributed by atoms with Gasteiger partial charge in [0, 0.05) is 27.7 Å². The van der Waals surface area contributed by atoms with Gasteiger partial charge in [0.1, 0.15) is 0 Å². The Morgan fingerprint density at radius 3 is 1.65 bits per heavy atom. The summed E-state index contributed by atoms with van der Waals surface area (Å²) >= 11 is 0. The Kier molecular flexibility index (Phi) is 7.75. The Balaban J connectivity index is 1.27. The van der Waals surface area contributed by atoms with Crippen molar-refractivity contribution in [2.45, 2.75) is 5.41 Å². The molecule has 0 amide bonds. The van der Waals surface area contributed by atoms with Crippen LogP contribution in [0.2, 0.25) is 0 Å². The van der Waals surface area contributed by atoms with Crippen LogP contribution >= 0.6 is 0 Å². The van der Waals surface area contributed by atoms with Crippen LogP contribution in [0.25, 0.3) is 49.7 Å². The topological polar surface area (TPSA) is 8.17 Å². The molecule has 57 heavy (non-hydrogen) atoms. The van der Waals surface area contributed by atoms with Crippen molar-refractivity contribution < 1.29 is 0 Å². The molecular weight excluding hydrogens is 689 g/mol. The summed E-state index contributed by atoms with van der Waals surface area (Å²) in [6.07, 6.45) is 0. The zero-order chi connectivity index (χ0) is 37.8. The van der Waals surface area contributed by atoms with E-state index in [0.717, 1.165) is 28.3 Å². The second kappa shape index (κ2) is 13.4. The third kappa shape index (κ3) is 5.04. The predicted molar refractivity (Wildman–Crippen MR) is 238 cm³/mol. The molecule has 1 heterocycles. The van der Waals surface area contributed by atoms with Crippen LogP contribution in [-0.4, -0.2) is 4.57 Å².